The molecule has 9 heteroatoms. The molecule has 0 amide bonds. The van der Waals surface area contributed by atoms with Crippen LogP contribution in [0.1, 0.15) is 17.9 Å². The van der Waals surface area contributed by atoms with Gasteiger partial charge in [-0.2, -0.15) is 5.26 Å². The summed E-state index contributed by atoms with van der Waals surface area (Å²) in [5, 5.41) is 10.2. The molecule has 1 atom stereocenters. The smallest absolute Gasteiger partial charge is 0.209 e. The van der Waals surface area contributed by atoms with Gasteiger partial charge < -0.3 is 9.80 Å². The first-order valence-corrected chi connectivity index (χ1v) is 12.0. The second-order valence-electron chi connectivity index (χ2n) is 7.00. The molecule has 1 saturated heterocycles. The van der Waals surface area contributed by atoms with Crippen LogP contribution in [0, 0.1) is 11.3 Å². The Morgan fingerprint density at radius 1 is 1.17 bits per heavy atom. The highest BCUT2D eigenvalue weighted by molar-refractivity contribution is 7.93. The molecular weight excluding hydrogens is 406 g/mol. The monoisotopic (exact) mass is 428 g/mol. The van der Waals surface area contributed by atoms with Crippen molar-refractivity contribution in [2.75, 3.05) is 37.6 Å². The van der Waals surface area contributed by atoms with E-state index < -0.39 is 15.1 Å². The molecule has 0 aliphatic carbocycles. The quantitative estimate of drug-likeness (QED) is 0.662. The fourth-order valence-electron chi connectivity index (χ4n) is 3.62. The van der Waals surface area contributed by atoms with Gasteiger partial charge >= 0.3 is 0 Å². The van der Waals surface area contributed by atoms with Crippen LogP contribution in [0.3, 0.4) is 0 Å². The number of likely N-dealkylation sites (N-methyl/N-ethyl adjacent to an activating group) is 1. The molecule has 0 saturated carbocycles. The zero-order valence-electron chi connectivity index (χ0n) is 16.1. The average Bonchev–Trinajstić information content (AvgIpc) is 3.30. The van der Waals surface area contributed by atoms with Gasteiger partial charge in [0.15, 0.2) is 11.1 Å². The molecule has 0 spiro atoms. The zero-order valence-corrected chi connectivity index (χ0v) is 17.7. The predicted molar refractivity (Wildman–Crippen MR) is 113 cm³/mol. The van der Waals surface area contributed by atoms with Gasteiger partial charge in [0.2, 0.25) is 9.84 Å². The number of nitriles is 1. The van der Waals surface area contributed by atoms with E-state index in [-0.39, 0.29) is 9.90 Å². The maximum absolute atomic E-state index is 13.2. The minimum atomic E-state index is -3.88. The molecule has 29 heavy (non-hydrogen) atoms. The Morgan fingerprint density at radius 3 is 2.45 bits per heavy atom. The maximum atomic E-state index is 13.2. The van der Waals surface area contributed by atoms with Crippen molar-refractivity contribution in [3.8, 4) is 6.07 Å². The van der Waals surface area contributed by atoms with Crippen molar-refractivity contribution < 1.29 is 13.3 Å². The summed E-state index contributed by atoms with van der Waals surface area (Å²) in [6.45, 7) is 6.60. The summed E-state index contributed by atoms with van der Waals surface area (Å²) in [6, 6.07) is 12.6. The van der Waals surface area contributed by atoms with Crippen LogP contribution < -0.4 is 9.80 Å². The Balaban J connectivity index is 1.85. The molecule has 1 N–H and O–H groups in total. The normalized spacial score (nSPS) is 16.6. The lowest BCUT2D eigenvalue weighted by molar-refractivity contribution is -0.898. The number of thiophene rings is 1. The molecule has 150 valence electrons. The van der Waals surface area contributed by atoms with Gasteiger partial charge in [-0.3, -0.25) is 0 Å². The highest BCUT2D eigenvalue weighted by Gasteiger charge is 2.36. The van der Waals surface area contributed by atoms with Crippen LogP contribution in [0.4, 0.5) is 5.82 Å². The lowest BCUT2D eigenvalue weighted by Gasteiger charge is -2.33. The highest BCUT2D eigenvalue weighted by atomic mass is 32.2. The predicted octanol–water partition coefficient (Wildman–Crippen LogP) is 1.45. The van der Waals surface area contributed by atoms with E-state index in [0.29, 0.717) is 16.9 Å². The minimum Gasteiger partial charge on any atom is -0.344 e. The summed E-state index contributed by atoms with van der Waals surface area (Å²) in [7, 11) is -3.88. The summed E-state index contributed by atoms with van der Waals surface area (Å²) in [4.78, 5) is 13.0. The number of para-hydroxylation sites is 2. The van der Waals surface area contributed by atoms with Crippen molar-refractivity contribution in [1.29, 1.82) is 5.26 Å². The number of sulfone groups is 1. The molecular formula is C20H22N5O2S2+. The molecule has 4 rings (SSSR count). The largest absolute Gasteiger partial charge is 0.344 e. The van der Waals surface area contributed by atoms with Crippen LogP contribution in [-0.4, -0.2) is 51.1 Å². The van der Waals surface area contributed by atoms with Gasteiger partial charge in [0.1, 0.15) is 9.90 Å². The number of quaternary nitrogens is 1. The van der Waals surface area contributed by atoms with E-state index in [9.17, 15) is 13.7 Å². The first kappa shape index (κ1) is 19.8. The molecule has 0 unspecified atom stereocenters. The first-order chi connectivity index (χ1) is 14.0. The average molecular weight is 429 g/mol. The zero-order chi connectivity index (χ0) is 20.4. The summed E-state index contributed by atoms with van der Waals surface area (Å²) in [6.07, 6.45) is 0. The van der Waals surface area contributed by atoms with Crippen LogP contribution in [0.15, 0.2) is 46.0 Å². The van der Waals surface area contributed by atoms with Crippen LogP contribution in [0.25, 0.3) is 11.0 Å². The fraction of sp³-hybridized carbons (Fsp3) is 0.350. The minimum absolute atomic E-state index is 0.171. The highest BCUT2D eigenvalue weighted by Crippen LogP contribution is 2.35. The van der Waals surface area contributed by atoms with Gasteiger partial charge in [0.25, 0.3) is 0 Å². The number of anilines is 1. The summed E-state index contributed by atoms with van der Waals surface area (Å²) >= 11 is 1.11. The third kappa shape index (κ3) is 3.71. The van der Waals surface area contributed by atoms with E-state index >= 15 is 0 Å². The standard InChI is InChI=1S/C20H21N5O2S2/c1-2-24-9-11-25(12-10-24)20-19(22-15-6-3-4-7-16(15)23-20)17(14-21)29(26,27)18-8-5-13-28-18/h3-8,13,17H,2,9-12H2,1H3/p+1/t17-/m1/s1. The number of aromatic nitrogens is 2. The molecule has 2 aromatic heterocycles. The van der Waals surface area contributed by atoms with Gasteiger partial charge in [-0.1, -0.05) is 18.2 Å². The molecule has 3 heterocycles. The van der Waals surface area contributed by atoms with E-state index in [1.54, 1.807) is 17.5 Å². The topological polar surface area (TPSA) is 91.4 Å². The molecule has 7 nitrogen and oxygen atoms in total. The molecule has 1 fully saturated rings. The Bertz CT molecular complexity index is 1150. The van der Waals surface area contributed by atoms with Gasteiger partial charge in [-0.15, -0.1) is 11.3 Å². The third-order valence-corrected chi connectivity index (χ3v) is 8.59. The number of fused-ring (bicyclic) bond motifs is 1. The number of rotatable bonds is 5. The number of hydrogen-bond acceptors (Lipinski definition) is 7. The SMILES string of the molecule is CC[NH+]1CCN(c2nc3ccccc3nc2[C@@H](C#N)S(=O)(=O)c2cccs2)CC1. The van der Waals surface area contributed by atoms with Crippen molar-refractivity contribution >= 4 is 38.0 Å². The van der Waals surface area contributed by atoms with E-state index in [2.05, 4.69) is 16.8 Å². The Kier molecular flexibility index (Phi) is 5.50. The van der Waals surface area contributed by atoms with Gasteiger partial charge in [-0.25, -0.2) is 18.4 Å². The van der Waals surface area contributed by atoms with Crippen LogP contribution >= 0.6 is 11.3 Å². The van der Waals surface area contributed by atoms with E-state index in [1.807, 2.05) is 24.3 Å². The fourth-order valence-corrected chi connectivity index (χ4v) is 6.15. The Morgan fingerprint density at radius 2 is 1.86 bits per heavy atom. The summed E-state index contributed by atoms with van der Waals surface area (Å²) in [5.41, 5.74) is 1.51. The number of benzene rings is 1. The first-order valence-electron chi connectivity index (χ1n) is 9.56. The second-order valence-corrected chi connectivity index (χ2v) is 10.2. The molecule has 3 aromatic rings. The van der Waals surface area contributed by atoms with Crippen molar-refractivity contribution in [2.45, 2.75) is 16.4 Å². The van der Waals surface area contributed by atoms with Gasteiger partial charge in [-0.05, 0) is 30.5 Å². The van der Waals surface area contributed by atoms with E-state index in [4.69, 9.17) is 4.98 Å². The lowest BCUT2D eigenvalue weighted by atomic mass is 10.2. The molecule has 1 aromatic carbocycles. The summed E-state index contributed by atoms with van der Waals surface area (Å²) < 4.78 is 26.6. The van der Waals surface area contributed by atoms with E-state index in [1.165, 1.54) is 11.0 Å². The van der Waals surface area contributed by atoms with Gasteiger partial charge in [0.05, 0.1) is 49.8 Å². The lowest BCUT2D eigenvalue weighted by Crippen LogP contribution is -3.14. The third-order valence-electron chi connectivity index (χ3n) is 5.30. The Labute approximate surface area is 174 Å². The molecule has 0 bridgehead atoms. The molecule has 0 radical (unpaired) electrons. The summed E-state index contributed by atoms with van der Waals surface area (Å²) in [5.74, 6) is 0.505. The molecule has 1 aliphatic rings. The number of nitrogens with one attached hydrogen (secondary N) is 1. The van der Waals surface area contributed by atoms with Crippen LogP contribution in [0.2, 0.25) is 0 Å². The number of hydrogen-bond donors (Lipinski definition) is 1. The second kappa shape index (κ2) is 8.06. The van der Waals surface area contributed by atoms with Crippen molar-refractivity contribution in [3.05, 3.63) is 47.5 Å². The van der Waals surface area contributed by atoms with Crippen molar-refractivity contribution in [2.24, 2.45) is 0 Å². The molecule has 1 aliphatic heterocycles. The van der Waals surface area contributed by atoms with Crippen molar-refractivity contribution in [3.63, 3.8) is 0 Å². The maximum Gasteiger partial charge on any atom is 0.209 e. The number of piperazine rings is 1. The van der Waals surface area contributed by atoms with Crippen molar-refractivity contribution in [1.82, 2.24) is 9.97 Å². The van der Waals surface area contributed by atoms with E-state index in [0.717, 1.165) is 44.1 Å². The van der Waals surface area contributed by atoms with Crippen LogP contribution in [-0.2, 0) is 9.84 Å². The van der Waals surface area contributed by atoms with Crippen LogP contribution in [0.5, 0.6) is 0 Å². The number of nitrogens with zero attached hydrogens (tertiary/aromatic N) is 4. The Hall–Kier alpha value is -2.54. The van der Waals surface area contributed by atoms with Gasteiger partial charge in [0, 0.05) is 0 Å².